The summed E-state index contributed by atoms with van der Waals surface area (Å²) in [7, 11) is 0. The lowest BCUT2D eigenvalue weighted by atomic mass is 9.85. The second-order valence-corrected chi connectivity index (χ2v) is 7.56. The van der Waals surface area contributed by atoms with Gasteiger partial charge in [-0.2, -0.15) is 0 Å². The first-order valence-corrected chi connectivity index (χ1v) is 8.24. The molecule has 1 aromatic carbocycles. The topological polar surface area (TPSA) is 12.0 Å². The van der Waals surface area contributed by atoms with Gasteiger partial charge in [0.15, 0.2) is 0 Å². The van der Waals surface area contributed by atoms with E-state index in [1.165, 1.54) is 47.9 Å². The van der Waals surface area contributed by atoms with E-state index in [9.17, 15) is 0 Å². The summed E-state index contributed by atoms with van der Waals surface area (Å²) in [6, 6.07) is 9.62. The summed E-state index contributed by atoms with van der Waals surface area (Å²) in [5.41, 5.74) is 1.82. The summed E-state index contributed by atoms with van der Waals surface area (Å²) in [6.45, 7) is 4.82. The Labute approximate surface area is 120 Å². The van der Waals surface area contributed by atoms with E-state index in [0.717, 1.165) is 0 Å². The smallest absolute Gasteiger partial charge is 0.0349 e. The molecule has 1 N–H and O–H groups in total. The van der Waals surface area contributed by atoms with E-state index < -0.39 is 0 Å². The molecule has 0 radical (unpaired) electrons. The van der Waals surface area contributed by atoms with Crippen molar-refractivity contribution in [1.29, 1.82) is 0 Å². The molecule has 0 saturated heterocycles. The van der Waals surface area contributed by atoms with Gasteiger partial charge in [0.1, 0.15) is 0 Å². The zero-order valence-corrected chi connectivity index (χ0v) is 12.7. The molecule has 1 saturated carbocycles. The van der Waals surface area contributed by atoms with Crippen LogP contribution in [0.15, 0.2) is 29.6 Å². The van der Waals surface area contributed by atoms with Crippen molar-refractivity contribution in [2.75, 3.05) is 5.32 Å². The minimum absolute atomic E-state index is 0.535. The summed E-state index contributed by atoms with van der Waals surface area (Å²) in [5.74, 6) is 0. The van der Waals surface area contributed by atoms with Crippen molar-refractivity contribution >= 4 is 27.1 Å². The number of rotatable bonds is 2. The van der Waals surface area contributed by atoms with Crippen LogP contribution in [0.2, 0.25) is 0 Å². The third-order valence-electron chi connectivity index (χ3n) is 4.40. The fourth-order valence-corrected chi connectivity index (χ4v) is 3.87. The second kappa shape index (κ2) is 5.16. The zero-order valence-electron chi connectivity index (χ0n) is 11.9. The molecule has 1 unspecified atom stereocenters. The van der Waals surface area contributed by atoms with Crippen molar-refractivity contribution in [1.82, 2.24) is 0 Å². The number of fused-ring (bicyclic) bond motifs is 1. The Morgan fingerprint density at radius 3 is 2.95 bits per heavy atom. The Bertz CT molecular complexity index is 555. The van der Waals surface area contributed by atoms with Crippen LogP contribution in [-0.2, 0) is 0 Å². The molecule has 1 atom stereocenters. The van der Waals surface area contributed by atoms with Gasteiger partial charge in [-0.05, 0) is 66.1 Å². The van der Waals surface area contributed by atoms with Gasteiger partial charge in [0.25, 0.3) is 0 Å². The van der Waals surface area contributed by atoms with E-state index in [4.69, 9.17) is 0 Å². The van der Waals surface area contributed by atoms with E-state index in [2.05, 4.69) is 48.8 Å². The van der Waals surface area contributed by atoms with Gasteiger partial charge in [-0.3, -0.25) is 0 Å². The fourth-order valence-electron chi connectivity index (χ4n) is 3.10. The molecule has 1 nitrogen and oxygen atoms in total. The van der Waals surface area contributed by atoms with E-state index in [-0.39, 0.29) is 0 Å². The lowest BCUT2D eigenvalue weighted by Gasteiger charge is -2.22. The quantitative estimate of drug-likeness (QED) is 0.695. The lowest BCUT2D eigenvalue weighted by Crippen LogP contribution is -2.19. The molecule has 19 heavy (non-hydrogen) atoms. The highest BCUT2D eigenvalue weighted by molar-refractivity contribution is 7.17. The lowest BCUT2D eigenvalue weighted by molar-refractivity contribution is 0.313. The van der Waals surface area contributed by atoms with Crippen molar-refractivity contribution in [3.8, 4) is 0 Å². The number of nitrogens with one attached hydrogen (secondary N) is 1. The summed E-state index contributed by atoms with van der Waals surface area (Å²) in [5, 5.41) is 7.28. The van der Waals surface area contributed by atoms with Crippen LogP contribution in [0.25, 0.3) is 10.1 Å². The molecule has 0 amide bonds. The predicted molar refractivity (Wildman–Crippen MR) is 86.1 cm³/mol. The number of hydrogen-bond acceptors (Lipinski definition) is 2. The van der Waals surface area contributed by atoms with Gasteiger partial charge in [-0.1, -0.05) is 20.3 Å². The van der Waals surface area contributed by atoms with Gasteiger partial charge in [-0.25, -0.2) is 0 Å². The minimum Gasteiger partial charge on any atom is -0.382 e. The van der Waals surface area contributed by atoms with Crippen LogP contribution in [0.4, 0.5) is 5.69 Å². The SMILES string of the molecule is CC1(C)CCCC(Nc2ccc3sccc3c2)CC1. The van der Waals surface area contributed by atoms with Gasteiger partial charge in [-0.15, -0.1) is 11.3 Å². The van der Waals surface area contributed by atoms with Crippen LogP contribution >= 0.6 is 11.3 Å². The largest absolute Gasteiger partial charge is 0.382 e. The monoisotopic (exact) mass is 273 g/mol. The first-order valence-electron chi connectivity index (χ1n) is 7.36. The van der Waals surface area contributed by atoms with Crippen LogP contribution in [0.5, 0.6) is 0 Å². The number of anilines is 1. The molecule has 102 valence electrons. The van der Waals surface area contributed by atoms with Crippen molar-refractivity contribution in [3.63, 3.8) is 0 Å². The number of benzene rings is 1. The van der Waals surface area contributed by atoms with Crippen LogP contribution in [0, 0.1) is 5.41 Å². The molecule has 1 aromatic heterocycles. The average Bonchev–Trinajstić information content (AvgIpc) is 2.76. The molecule has 1 fully saturated rings. The maximum atomic E-state index is 3.75. The summed E-state index contributed by atoms with van der Waals surface area (Å²) < 4.78 is 1.38. The number of thiophene rings is 1. The Hall–Kier alpha value is -1.02. The third kappa shape index (κ3) is 3.11. The fraction of sp³-hybridized carbons (Fsp3) is 0.529. The van der Waals surface area contributed by atoms with Crippen LogP contribution in [-0.4, -0.2) is 6.04 Å². The molecular weight excluding hydrogens is 250 g/mol. The van der Waals surface area contributed by atoms with Gasteiger partial charge in [0, 0.05) is 16.4 Å². The maximum Gasteiger partial charge on any atom is 0.0349 e. The molecule has 0 bridgehead atoms. The summed E-state index contributed by atoms with van der Waals surface area (Å²) >= 11 is 1.82. The van der Waals surface area contributed by atoms with Crippen molar-refractivity contribution in [3.05, 3.63) is 29.6 Å². The van der Waals surface area contributed by atoms with Crippen LogP contribution < -0.4 is 5.32 Å². The van der Waals surface area contributed by atoms with Gasteiger partial charge >= 0.3 is 0 Å². The zero-order chi connectivity index (χ0) is 13.3. The Morgan fingerprint density at radius 2 is 2.05 bits per heavy atom. The first kappa shape index (κ1) is 13.0. The Kier molecular flexibility index (Phi) is 3.53. The molecule has 2 aromatic rings. The van der Waals surface area contributed by atoms with E-state index >= 15 is 0 Å². The van der Waals surface area contributed by atoms with Gasteiger partial charge in [0.2, 0.25) is 0 Å². The highest BCUT2D eigenvalue weighted by atomic mass is 32.1. The van der Waals surface area contributed by atoms with Crippen LogP contribution in [0.3, 0.4) is 0 Å². The molecule has 1 aliphatic rings. The predicted octanol–water partition coefficient (Wildman–Crippen LogP) is 5.67. The highest BCUT2D eigenvalue weighted by Crippen LogP contribution is 2.35. The molecule has 3 rings (SSSR count). The molecule has 2 heteroatoms. The second-order valence-electron chi connectivity index (χ2n) is 6.61. The molecule has 1 aliphatic carbocycles. The van der Waals surface area contributed by atoms with Crippen LogP contribution in [0.1, 0.15) is 46.0 Å². The summed E-state index contributed by atoms with van der Waals surface area (Å²) in [4.78, 5) is 0. The standard InChI is InChI=1S/C17H23NS/c1-17(2)9-3-4-14(7-10-17)18-15-5-6-16-13(12-15)8-11-19-16/h5-6,8,11-12,14,18H,3-4,7,9-10H2,1-2H3. The van der Waals surface area contributed by atoms with E-state index in [1.807, 2.05) is 11.3 Å². The first-order chi connectivity index (χ1) is 9.12. The molecular formula is C17H23NS. The Balaban J connectivity index is 1.70. The maximum absolute atomic E-state index is 3.75. The van der Waals surface area contributed by atoms with Gasteiger partial charge < -0.3 is 5.32 Å². The Morgan fingerprint density at radius 1 is 1.16 bits per heavy atom. The third-order valence-corrected chi connectivity index (χ3v) is 5.30. The average molecular weight is 273 g/mol. The normalized spacial score (nSPS) is 23.2. The van der Waals surface area contributed by atoms with Gasteiger partial charge in [0.05, 0.1) is 0 Å². The number of hydrogen-bond donors (Lipinski definition) is 1. The molecule has 1 heterocycles. The molecule has 0 spiro atoms. The summed E-state index contributed by atoms with van der Waals surface area (Å²) in [6.07, 6.45) is 6.67. The van der Waals surface area contributed by atoms with E-state index in [1.54, 1.807) is 0 Å². The van der Waals surface area contributed by atoms with Crippen molar-refractivity contribution < 1.29 is 0 Å². The van der Waals surface area contributed by atoms with Crippen molar-refractivity contribution in [2.24, 2.45) is 5.41 Å². The van der Waals surface area contributed by atoms with Crippen molar-refractivity contribution in [2.45, 2.75) is 52.0 Å². The van der Waals surface area contributed by atoms with E-state index in [0.29, 0.717) is 11.5 Å². The molecule has 0 aliphatic heterocycles. The minimum atomic E-state index is 0.535. The highest BCUT2D eigenvalue weighted by Gasteiger charge is 2.24.